The molecule has 128 valence electrons. The predicted octanol–water partition coefficient (Wildman–Crippen LogP) is 3.20. The Labute approximate surface area is 145 Å². The zero-order chi connectivity index (χ0) is 16.9. The van der Waals surface area contributed by atoms with Crippen molar-refractivity contribution in [2.75, 3.05) is 6.61 Å². The van der Waals surface area contributed by atoms with Gasteiger partial charge in [-0.3, -0.25) is 0 Å². The van der Waals surface area contributed by atoms with Crippen molar-refractivity contribution in [2.24, 2.45) is 5.92 Å². The lowest BCUT2D eigenvalue weighted by Crippen LogP contribution is -2.38. The van der Waals surface area contributed by atoms with E-state index in [0.29, 0.717) is 24.9 Å². The molecule has 2 aromatic heterocycles. The van der Waals surface area contributed by atoms with Gasteiger partial charge in [0.25, 0.3) is 0 Å². The van der Waals surface area contributed by atoms with E-state index in [1.807, 2.05) is 31.4 Å². The first kappa shape index (κ1) is 16.7. The summed E-state index contributed by atoms with van der Waals surface area (Å²) in [6.07, 6.45) is 3.97. The van der Waals surface area contributed by atoms with Crippen LogP contribution in [0.2, 0.25) is 0 Å². The largest absolute Gasteiger partial charge is 0.478 e. The van der Waals surface area contributed by atoms with Crippen LogP contribution in [0.15, 0.2) is 23.7 Å². The second-order valence-electron chi connectivity index (χ2n) is 5.90. The summed E-state index contributed by atoms with van der Waals surface area (Å²) in [4.78, 5) is 20.9. The molecule has 0 aromatic carbocycles. The number of hydrogen-bond donors (Lipinski definition) is 2. The Morgan fingerprint density at radius 3 is 3.00 bits per heavy atom. The lowest BCUT2D eigenvalue weighted by Gasteiger charge is -2.16. The summed E-state index contributed by atoms with van der Waals surface area (Å²) in [5, 5.41) is 8.99. The molecule has 2 amide bonds. The first-order chi connectivity index (χ1) is 11.7. The Kier molecular flexibility index (Phi) is 5.30. The van der Waals surface area contributed by atoms with Crippen molar-refractivity contribution in [1.82, 2.24) is 20.6 Å². The molecule has 2 heterocycles. The molecule has 0 saturated heterocycles. The number of pyridine rings is 1. The molecule has 2 aromatic rings. The Morgan fingerprint density at radius 2 is 2.33 bits per heavy atom. The van der Waals surface area contributed by atoms with Crippen LogP contribution in [0, 0.1) is 12.8 Å². The van der Waals surface area contributed by atoms with Crippen LogP contribution in [0.5, 0.6) is 5.88 Å². The lowest BCUT2D eigenvalue weighted by molar-refractivity contribution is 0.235. The molecule has 1 saturated carbocycles. The van der Waals surface area contributed by atoms with Crippen LogP contribution in [0.4, 0.5) is 4.79 Å². The molecule has 7 heteroatoms. The topological polar surface area (TPSA) is 76.1 Å². The highest BCUT2D eigenvalue weighted by Crippen LogP contribution is 2.41. The fourth-order valence-electron chi connectivity index (χ4n) is 2.49. The first-order valence-corrected chi connectivity index (χ1v) is 9.07. The molecule has 2 N–H and O–H groups in total. The molecule has 1 unspecified atom stereocenters. The highest BCUT2D eigenvalue weighted by atomic mass is 32.1. The third-order valence-corrected chi connectivity index (χ3v) is 4.87. The molecule has 24 heavy (non-hydrogen) atoms. The highest BCUT2D eigenvalue weighted by Gasteiger charge is 2.35. The van der Waals surface area contributed by atoms with Gasteiger partial charge in [0.15, 0.2) is 0 Å². The number of rotatable bonds is 7. The average Bonchev–Trinajstić information content (AvgIpc) is 3.32. The Balaban J connectivity index is 1.55. The molecule has 1 aliphatic rings. The highest BCUT2D eigenvalue weighted by molar-refractivity contribution is 7.09. The molecule has 1 fully saturated rings. The van der Waals surface area contributed by atoms with E-state index < -0.39 is 0 Å². The number of carbonyl (C=O) groups excluding carboxylic acids is 1. The van der Waals surface area contributed by atoms with Gasteiger partial charge in [0.2, 0.25) is 5.88 Å². The number of hydrogen-bond acceptors (Lipinski definition) is 5. The third-order valence-electron chi connectivity index (χ3n) is 3.83. The van der Waals surface area contributed by atoms with E-state index in [1.165, 1.54) is 0 Å². The minimum atomic E-state index is -0.172. The summed E-state index contributed by atoms with van der Waals surface area (Å²) in [6, 6.07) is 3.55. The van der Waals surface area contributed by atoms with Crippen LogP contribution in [-0.2, 0) is 6.54 Å². The third kappa shape index (κ3) is 4.44. The van der Waals surface area contributed by atoms with Crippen LogP contribution in [0.1, 0.15) is 42.1 Å². The molecule has 0 bridgehead atoms. The number of nitrogens with one attached hydrogen (secondary N) is 2. The standard InChI is InChI=1S/C17H22N4O2S/c1-3-23-14-8-12(6-7-18-14)9-19-17(22)21-15(13-4-5-13)16-20-11(2)10-24-16/h6-8,10,13,15H,3-5,9H2,1-2H3,(H2,19,21,22). The number of amides is 2. The van der Waals surface area contributed by atoms with Gasteiger partial charge in [-0.05, 0) is 44.2 Å². The van der Waals surface area contributed by atoms with Crippen LogP contribution >= 0.6 is 11.3 Å². The van der Waals surface area contributed by atoms with E-state index in [-0.39, 0.29) is 12.1 Å². The second-order valence-corrected chi connectivity index (χ2v) is 6.79. The molecule has 3 rings (SSSR count). The van der Waals surface area contributed by atoms with Gasteiger partial charge in [-0.25, -0.2) is 14.8 Å². The predicted molar refractivity (Wildman–Crippen MR) is 93.1 cm³/mol. The van der Waals surface area contributed by atoms with Crippen molar-refractivity contribution in [3.63, 3.8) is 0 Å². The number of aryl methyl sites for hydroxylation is 1. The zero-order valence-electron chi connectivity index (χ0n) is 13.9. The van der Waals surface area contributed by atoms with Crippen LogP contribution in [0.3, 0.4) is 0 Å². The van der Waals surface area contributed by atoms with Gasteiger partial charge in [-0.15, -0.1) is 11.3 Å². The monoisotopic (exact) mass is 346 g/mol. The van der Waals surface area contributed by atoms with Gasteiger partial charge in [0.1, 0.15) is 5.01 Å². The average molecular weight is 346 g/mol. The quantitative estimate of drug-likeness (QED) is 0.807. The molecular formula is C17H22N4O2S. The number of nitrogens with zero attached hydrogens (tertiary/aromatic N) is 2. The Morgan fingerprint density at radius 1 is 1.50 bits per heavy atom. The molecular weight excluding hydrogens is 324 g/mol. The van der Waals surface area contributed by atoms with Gasteiger partial charge in [-0.2, -0.15) is 0 Å². The maximum absolute atomic E-state index is 12.3. The maximum atomic E-state index is 12.3. The van der Waals surface area contributed by atoms with Crippen LogP contribution in [0.25, 0.3) is 0 Å². The smallest absolute Gasteiger partial charge is 0.315 e. The number of ether oxygens (including phenoxy) is 1. The summed E-state index contributed by atoms with van der Waals surface area (Å²) < 4.78 is 5.37. The molecule has 0 spiro atoms. The van der Waals surface area contributed by atoms with E-state index in [0.717, 1.165) is 29.1 Å². The summed E-state index contributed by atoms with van der Waals surface area (Å²) in [7, 11) is 0. The fourth-order valence-corrected chi connectivity index (χ4v) is 3.43. The van der Waals surface area contributed by atoms with Gasteiger partial charge >= 0.3 is 6.03 Å². The zero-order valence-corrected chi connectivity index (χ0v) is 14.7. The van der Waals surface area contributed by atoms with Crippen LogP contribution in [-0.4, -0.2) is 22.6 Å². The molecule has 0 radical (unpaired) electrons. The normalized spacial score (nSPS) is 14.9. The maximum Gasteiger partial charge on any atom is 0.315 e. The van der Waals surface area contributed by atoms with E-state index in [1.54, 1.807) is 17.5 Å². The fraction of sp³-hybridized carbons (Fsp3) is 0.471. The van der Waals surface area contributed by atoms with Crippen molar-refractivity contribution in [2.45, 2.75) is 39.3 Å². The van der Waals surface area contributed by atoms with Gasteiger partial charge in [-0.1, -0.05) is 0 Å². The van der Waals surface area contributed by atoms with Crippen molar-refractivity contribution in [3.05, 3.63) is 40.0 Å². The summed E-state index contributed by atoms with van der Waals surface area (Å²) >= 11 is 1.61. The SMILES string of the molecule is CCOc1cc(CNC(=O)NC(c2nc(C)cs2)C2CC2)ccn1. The molecule has 1 aliphatic carbocycles. The van der Waals surface area contributed by atoms with Crippen molar-refractivity contribution in [1.29, 1.82) is 0 Å². The van der Waals surface area contributed by atoms with Crippen molar-refractivity contribution < 1.29 is 9.53 Å². The van der Waals surface area contributed by atoms with E-state index in [9.17, 15) is 4.79 Å². The van der Waals surface area contributed by atoms with Crippen LogP contribution < -0.4 is 15.4 Å². The molecule has 0 aliphatic heterocycles. The summed E-state index contributed by atoms with van der Waals surface area (Å²) in [6.45, 7) is 4.89. The number of urea groups is 1. The first-order valence-electron chi connectivity index (χ1n) is 8.20. The summed E-state index contributed by atoms with van der Waals surface area (Å²) in [5.74, 6) is 1.08. The number of carbonyl (C=O) groups is 1. The minimum absolute atomic E-state index is 0.0140. The van der Waals surface area contributed by atoms with Crippen molar-refractivity contribution >= 4 is 17.4 Å². The Bertz CT molecular complexity index is 699. The van der Waals surface area contributed by atoms with Gasteiger partial charge < -0.3 is 15.4 Å². The number of aromatic nitrogens is 2. The van der Waals surface area contributed by atoms with Gasteiger partial charge in [0.05, 0.1) is 12.6 Å². The molecule has 1 atom stereocenters. The van der Waals surface area contributed by atoms with E-state index in [4.69, 9.17) is 4.74 Å². The lowest BCUT2D eigenvalue weighted by atomic mass is 10.2. The van der Waals surface area contributed by atoms with Gasteiger partial charge in [0, 0.05) is 29.9 Å². The van der Waals surface area contributed by atoms with E-state index in [2.05, 4.69) is 20.6 Å². The molecule has 6 nitrogen and oxygen atoms in total. The van der Waals surface area contributed by atoms with Crippen molar-refractivity contribution in [3.8, 4) is 5.88 Å². The number of thiazole rings is 1. The van der Waals surface area contributed by atoms with E-state index >= 15 is 0 Å². The summed E-state index contributed by atoms with van der Waals surface area (Å²) in [5.41, 5.74) is 1.96. The second kappa shape index (κ2) is 7.61. The Hall–Kier alpha value is -2.15. The minimum Gasteiger partial charge on any atom is -0.478 e.